The summed E-state index contributed by atoms with van der Waals surface area (Å²) in [4.78, 5) is 10.7. The molecule has 1 saturated heterocycles. The predicted octanol–water partition coefficient (Wildman–Crippen LogP) is 2.33. The van der Waals surface area contributed by atoms with Gasteiger partial charge < -0.3 is 0 Å². The molecule has 0 aromatic rings. The van der Waals surface area contributed by atoms with E-state index >= 15 is 0 Å². The molecule has 0 aromatic heterocycles. The Kier molecular flexibility index (Phi) is 2.95. The van der Waals surface area contributed by atoms with E-state index in [0.29, 0.717) is 10.5 Å². The maximum absolute atomic E-state index is 10.7. The average Bonchev–Trinajstić information content (AvgIpc) is 2.13. The third-order valence-corrected chi connectivity index (χ3v) is 5.44. The van der Waals surface area contributed by atoms with Gasteiger partial charge in [-0.15, -0.1) is 23.5 Å². The van der Waals surface area contributed by atoms with Crippen LogP contribution in [0.2, 0.25) is 0 Å². The van der Waals surface area contributed by atoms with Crippen LogP contribution in [0.4, 0.5) is 0 Å². The van der Waals surface area contributed by atoms with Crippen LogP contribution in [-0.4, -0.2) is 20.3 Å². The summed E-state index contributed by atoms with van der Waals surface area (Å²) in [5.74, 6) is 0. The van der Waals surface area contributed by atoms with Gasteiger partial charge in [-0.2, -0.15) is 0 Å². The number of thioether (sulfide) groups is 2. The summed E-state index contributed by atoms with van der Waals surface area (Å²) in [7, 11) is 0. The Bertz CT molecular complexity index is 141. The van der Waals surface area contributed by atoms with Crippen LogP contribution in [0.15, 0.2) is 0 Å². The van der Waals surface area contributed by atoms with Crippen LogP contribution in [0.25, 0.3) is 0 Å². The lowest BCUT2D eigenvalue weighted by Crippen LogP contribution is -2.04. The van der Waals surface area contributed by atoms with Gasteiger partial charge in [0.2, 0.25) is 5.24 Å². The van der Waals surface area contributed by atoms with E-state index in [-0.39, 0.29) is 9.82 Å². The van der Waals surface area contributed by atoms with Crippen LogP contribution >= 0.6 is 35.1 Å². The Morgan fingerprint density at radius 3 is 1.90 bits per heavy atom. The molecule has 0 aromatic carbocycles. The molecule has 0 bridgehead atoms. The van der Waals surface area contributed by atoms with Gasteiger partial charge in [-0.1, -0.05) is 13.8 Å². The Balaban J connectivity index is 2.49. The largest absolute Gasteiger partial charge is 0.279 e. The molecular formula is C6H9ClOS2. The van der Waals surface area contributed by atoms with Crippen LogP contribution in [0, 0.1) is 0 Å². The van der Waals surface area contributed by atoms with Gasteiger partial charge in [0.15, 0.2) is 0 Å². The molecule has 1 aliphatic rings. The fourth-order valence-electron chi connectivity index (χ4n) is 0.750. The highest BCUT2D eigenvalue weighted by Gasteiger charge is 2.33. The lowest BCUT2D eigenvalue weighted by atomic mass is 10.4. The topological polar surface area (TPSA) is 17.1 Å². The van der Waals surface area contributed by atoms with Crippen molar-refractivity contribution in [2.75, 3.05) is 0 Å². The number of halogens is 1. The fraction of sp³-hybridized carbons (Fsp3) is 0.833. The third-order valence-electron chi connectivity index (χ3n) is 1.52. The quantitative estimate of drug-likeness (QED) is 0.600. The standard InChI is InChI=1S/C6H9ClOS2/c1-3-4(2)10-6(9-3)5(7)8/h3-4,6H,1-2H3/t3-,4-/m1/s1. The van der Waals surface area contributed by atoms with E-state index in [0.717, 1.165) is 0 Å². The Morgan fingerprint density at radius 1 is 1.30 bits per heavy atom. The Morgan fingerprint density at radius 2 is 1.70 bits per heavy atom. The first-order chi connectivity index (χ1) is 4.61. The van der Waals surface area contributed by atoms with Crippen molar-refractivity contribution in [3.05, 3.63) is 0 Å². The van der Waals surface area contributed by atoms with Gasteiger partial charge in [0.05, 0.1) is 0 Å². The van der Waals surface area contributed by atoms with Crippen molar-refractivity contribution in [2.45, 2.75) is 28.9 Å². The van der Waals surface area contributed by atoms with E-state index in [4.69, 9.17) is 11.6 Å². The van der Waals surface area contributed by atoms with Crippen LogP contribution in [0.1, 0.15) is 13.8 Å². The SMILES string of the molecule is C[C@H]1SC(C(=O)Cl)S[C@@H]1C. The molecule has 1 heterocycles. The van der Waals surface area contributed by atoms with Crippen molar-refractivity contribution in [1.29, 1.82) is 0 Å². The molecule has 0 spiro atoms. The second-order valence-electron chi connectivity index (χ2n) is 2.32. The van der Waals surface area contributed by atoms with Crippen LogP contribution in [0.5, 0.6) is 0 Å². The van der Waals surface area contributed by atoms with Gasteiger partial charge in [0.1, 0.15) is 4.58 Å². The molecule has 1 fully saturated rings. The second-order valence-corrected chi connectivity index (χ2v) is 5.96. The van der Waals surface area contributed by atoms with Crippen molar-refractivity contribution in [1.82, 2.24) is 0 Å². The minimum Gasteiger partial charge on any atom is -0.279 e. The summed E-state index contributed by atoms with van der Waals surface area (Å²) < 4.78 is -0.0216. The average molecular weight is 197 g/mol. The Hall–Kier alpha value is 0.660. The summed E-state index contributed by atoms with van der Waals surface area (Å²) in [5, 5.41) is 0.890. The molecule has 10 heavy (non-hydrogen) atoms. The van der Waals surface area contributed by atoms with E-state index in [2.05, 4.69) is 13.8 Å². The van der Waals surface area contributed by atoms with E-state index in [1.54, 1.807) is 23.5 Å². The summed E-state index contributed by atoms with van der Waals surface area (Å²) in [6.07, 6.45) is 0. The number of hydrogen-bond acceptors (Lipinski definition) is 3. The highest BCUT2D eigenvalue weighted by Crippen LogP contribution is 2.43. The van der Waals surface area contributed by atoms with Crippen LogP contribution in [-0.2, 0) is 4.79 Å². The molecular weight excluding hydrogens is 188 g/mol. The number of rotatable bonds is 1. The van der Waals surface area contributed by atoms with Crippen molar-refractivity contribution < 1.29 is 4.79 Å². The zero-order valence-electron chi connectivity index (χ0n) is 5.83. The van der Waals surface area contributed by atoms with Crippen molar-refractivity contribution in [3.8, 4) is 0 Å². The van der Waals surface area contributed by atoms with E-state index in [1.807, 2.05) is 0 Å². The zero-order chi connectivity index (χ0) is 7.72. The molecule has 58 valence electrons. The van der Waals surface area contributed by atoms with Crippen LogP contribution in [0.3, 0.4) is 0 Å². The minimum atomic E-state index is -0.216. The monoisotopic (exact) mass is 196 g/mol. The molecule has 1 aliphatic heterocycles. The Labute approximate surface area is 74.3 Å². The molecule has 0 aliphatic carbocycles. The first-order valence-corrected chi connectivity index (χ1v) is 5.38. The number of carbonyl (C=O) groups excluding carboxylic acids is 1. The molecule has 0 radical (unpaired) electrons. The molecule has 2 atom stereocenters. The van der Waals surface area contributed by atoms with Gasteiger partial charge in [0, 0.05) is 10.5 Å². The van der Waals surface area contributed by atoms with Crippen molar-refractivity contribution in [3.63, 3.8) is 0 Å². The number of carbonyl (C=O) groups is 1. The van der Waals surface area contributed by atoms with Gasteiger partial charge in [-0.3, -0.25) is 4.79 Å². The minimum absolute atomic E-state index is 0.0216. The lowest BCUT2D eigenvalue weighted by Gasteiger charge is -2.02. The third kappa shape index (κ3) is 1.83. The first kappa shape index (κ1) is 8.75. The van der Waals surface area contributed by atoms with E-state index in [9.17, 15) is 4.79 Å². The molecule has 0 saturated carbocycles. The summed E-state index contributed by atoms with van der Waals surface area (Å²) in [6.45, 7) is 4.25. The second kappa shape index (κ2) is 3.37. The highest BCUT2D eigenvalue weighted by molar-refractivity contribution is 8.22. The smallest absolute Gasteiger partial charge is 0.244 e. The molecule has 1 rings (SSSR count). The number of hydrogen-bond donors (Lipinski definition) is 0. The van der Waals surface area contributed by atoms with Crippen molar-refractivity contribution in [2.24, 2.45) is 0 Å². The predicted molar refractivity (Wildman–Crippen MR) is 48.8 cm³/mol. The van der Waals surface area contributed by atoms with Gasteiger partial charge >= 0.3 is 0 Å². The van der Waals surface area contributed by atoms with E-state index < -0.39 is 0 Å². The van der Waals surface area contributed by atoms with Crippen LogP contribution < -0.4 is 0 Å². The van der Waals surface area contributed by atoms with Gasteiger partial charge in [-0.25, -0.2) is 0 Å². The normalized spacial score (nSPS) is 34.7. The maximum atomic E-state index is 10.7. The van der Waals surface area contributed by atoms with Crippen molar-refractivity contribution >= 4 is 40.4 Å². The summed E-state index contributed by atoms with van der Waals surface area (Å²) in [5.41, 5.74) is 0. The zero-order valence-corrected chi connectivity index (χ0v) is 8.22. The van der Waals surface area contributed by atoms with Gasteiger partial charge in [-0.05, 0) is 11.6 Å². The molecule has 4 heteroatoms. The lowest BCUT2D eigenvalue weighted by molar-refractivity contribution is -0.110. The summed E-state index contributed by atoms with van der Waals surface area (Å²) in [6, 6.07) is 0. The summed E-state index contributed by atoms with van der Waals surface area (Å²) >= 11 is 8.66. The fourth-order valence-corrected chi connectivity index (χ4v) is 4.19. The molecule has 0 N–H and O–H groups in total. The molecule has 0 amide bonds. The highest BCUT2D eigenvalue weighted by atomic mass is 35.5. The van der Waals surface area contributed by atoms with E-state index in [1.165, 1.54) is 0 Å². The van der Waals surface area contributed by atoms with Gasteiger partial charge in [0.25, 0.3) is 0 Å². The molecule has 0 unspecified atom stereocenters. The first-order valence-electron chi connectivity index (χ1n) is 3.11. The molecule has 1 nitrogen and oxygen atoms in total. The maximum Gasteiger partial charge on any atom is 0.244 e.